The largest absolute Gasteiger partial charge is 0.393 e. The molecule has 178 valence electrons. The standard InChI is InChI=1S/C27H33N3O.2ClH/c1-2-29-15-17-30(18-16-29)27-25-6-4-3-5-23(25)19-26(28-27)22-9-7-20(8-10-22)21-11-13-24(31)14-12-21;;/h3-10,19,21,24,31H,2,11-18H2,1H3;2*1H. The smallest absolute Gasteiger partial charge is 0.137 e. The van der Waals surface area contributed by atoms with Crippen molar-refractivity contribution in [3.63, 3.8) is 0 Å². The van der Waals surface area contributed by atoms with Crippen molar-refractivity contribution in [2.45, 2.75) is 44.6 Å². The molecule has 4 nitrogen and oxygen atoms in total. The van der Waals surface area contributed by atoms with Crippen LogP contribution in [-0.4, -0.2) is 53.8 Å². The number of aromatic nitrogens is 1. The van der Waals surface area contributed by atoms with Gasteiger partial charge in [-0.2, -0.15) is 0 Å². The Morgan fingerprint density at radius 3 is 2.21 bits per heavy atom. The van der Waals surface area contributed by atoms with Crippen molar-refractivity contribution in [2.75, 3.05) is 37.6 Å². The van der Waals surface area contributed by atoms with E-state index in [1.54, 1.807) is 0 Å². The Kier molecular flexibility index (Phi) is 9.00. The van der Waals surface area contributed by atoms with Crippen LogP contribution >= 0.6 is 24.8 Å². The molecular formula is C27H35Cl2N3O. The van der Waals surface area contributed by atoms with Crippen LogP contribution in [0.1, 0.15) is 44.1 Å². The number of anilines is 1. The highest BCUT2D eigenvalue weighted by Crippen LogP contribution is 2.35. The second kappa shape index (κ2) is 11.5. The lowest BCUT2D eigenvalue weighted by Crippen LogP contribution is -2.46. The molecule has 3 aromatic rings. The molecule has 33 heavy (non-hydrogen) atoms. The first kappa shape index (κ1) is 25.8. The molecule has 2 fully saturated rings. The van der Waals surface area contributed by atoms with Gasteiger partial charge in [-0.1, -0.05) is 55.5 Å². The number of aliphatic hydroxyl groups is 1. The van der Waals surface area contributed by atoms with Gasteiger partial charge in [-0.3, -0.25) is 0 Å². The monoisotopic (exact) mass is 487 g/mol. The third-order valence-electron chi connectivity index (χ3n) is 7.21. The fourth-order valence-electron chi connectivity index (χ4n) is 5.18. The molecule has 0 atom stereocenters. The minimum Gasteiger partial charge on any atom is -0.393 e. The maximum Gasteiger partial charge on any atom is 0.137 e. The number of benzene rings is 2. The predicted molar refractivity (Wildman–Crippen MR) is 143 cm³/mol. The molecular weight excluding hydrogens is 453 g/mol. The molecule has 0 bridgehead atoms. The fraction of sp³-hybridized carbons (Fsp3) is 0.444. The highest BCUT2D eigenvalue weighted by Gasteiger charge is 2.22. The second-order valence-corrected chi connectivity index (χ2v) is 9.10. The molecule has 6 heteroatoms. The Hall–Kier alpha value is -1.85. The zero-order valence-electron chi connectivity index (χ0n) is 19.3. The number of pyridine rings is 1. The normalized spacial score (nSPS) is 21.3. The van der Waals surface area contributed by atoms with E-state index in [-0.39, 0.29) is 30.9 Å². The minimum absolute atomic E-state index is 0. The Morgan fingerprint density at radius 2 is 1.55 bits per heavy atom. The Balaban J connectivity index is 0.00000153. The van der Waals surface area contributed by atoms with Crippen molar-refractivity contribution < 1.29 is 5.11 Å². The van der Waals surface area contributed by atoms with E-state index in [0.29, 0.717) is 5.92 Å². The second-order valence-electron chi connectivity index (χ2n) is 9.10. The first-order valence-corrected chi connectivity index (χ1v) is 11.9. The van der Waals surface area contributed by atoms with Crippen LogP contribution in [0.5, 0.6) is 0 Å². The van der Waals surface area contributed by atoms with E-state index in [1.807, 2.05) is 0 Å². The third-order valence-corrected chi connectivity index (χ3v) is 7.21. The number of aliphatic hydroxyl groups excluding tert-OH is 1. The van der Waals surface area contributed by atoms with Crippen molar-refractivity contribution >= 4 is 41.4 Å². The van der Waals surface area contributed by atoms with Gasteiger partial charge in [-0.15, -0.1) is 24.8 Å². The highest BCUT2D eigenvalue weighted by molar-refractivity contribution is 5.95. The number of hydrogen-bond donors (Lipinski definition) is 1. The van der Waals surface area contributed by atoms with E-state index < -0.39 is 0 Å². The fourth-order valence-corrected chi connectivity index (χ4v) is 5.18. The summed E-state index contributed by atoms with van der Waals surface area (Å²) in [6, 6.07) is 19.9. The topological polar surface area (TPSA) is 39.6 Å². The van der Waals surface area contributed by atoms with Crippen molar-refractivity contribution in [3.05, 3.63) is 60.2 Å². The van der Waals surface area contributed by atoms with Gasteiger partial charge in [0.25, 0.3) is 0 Å². The Bertz CT molecular complexity index is 1030. The molecule has 2 heterocycles. The first-order chi connectivity index (χ1) is 15.2. The van der Waals surface area contributed by atoms with Gasteiger partial charge in [0.1, 0.15) is 5.82 Å². The molecule has 0 amide bonds. The van der Waals surface area contributed by atoms with Crippen molar-refractivity contribution in [1.82, 2.24) is 9.88 Å². The van der Waals surface area contributed by atoms with E-state index in [1.165, 1.54) is 21.9 Å². The lowest BCUT2D eigenvalue weighted by Gasteiger charge is -2.35. The molecule has 1 N–H and O–H groups in total. The van der Waals surface area contributed by atoms with Crippen molar-refractivity contribution in [2.24, 2.45) is 0 Å². The number of halogens is 2. The summed E-state index contributed by atoms with van der Waals surface area (Å²) in [6.45, 7) is 7.61. The van der Waals surface area contributed by atoms with Gasteiger partial charge in [0.15, 0.2) is 0 Å². The maximum atomic E-state index is 9.80. The summed E-state index contributed by atoms with van der Waals surface area (Å²) < 4.78 is 0. The van der Waals surface area contributed by atoms with Crippen LogP contribution < -0.4 is 4.90 Å². The molecule has 0 spiro atoms. The van der Waals surface area contributed by atoms with Crippen LogP contribution in [0.25, 0.3) is 22.0 Å². The molecule has 1 saturated carbocycles. The Labute approximate surface area is 209 Å². The summed E-state index contributed by atoms with van der Waals surface area (Å²) in [4.78, 5) is 10.1. The van der Waals surface area contributed by atoms with Crippen LogP contribution in [0.3, 0.4) is 0 Å². The molecule has 5 rings (SSSR count). The van der Waals surface area contributed by atoms with E-state index in [4.69, 9.17) is 4.98 Å². The predicted octanol–water partition coefficient (Wildman–Crippen LogP) is 5.91. The maximum absolute atomic E-state index is 9.80. The van der Waals surface area contributed by atoms with Gasteiger partial charge in [-0.25, -0.2) is 4.98 Å². The van der Waals surface area contributed by atoms with E-state index in [0.717, 1.165) is 69.9 Å². The van der Waals surface area contributed by atoms with Gasteiger partial charge < -0.3 is 14.9 Å². The average molecular weight is 489 g/mol. The summed E-state index contributed by atoms with van der Waals surface area (Å²) in [6.07, 6.45) is 3.92. The zero-order chi connectivity index (χ0) is 21.2. The first-order valence-electron chi connectivity index (χ1n) is 11.9. The van der Waals surface area contributed by atoms with Crippen LogP contribution in [0.4, 0.5) is 5.82 Å². The average Bonchev–Trinajstić information content (AvgIpc) is 2.84. The molecule has 1 aliphatic carbocycles. The minimum atomic E-state index is -0.102. The lowest BCUT2D eigenvalue weighted by molar-refractivity contribution is 0.122. The molecule has 0 radical (unpaired) electrons. The number of nitrogens with zero attached hydrogens (tertiary/aromatic N) is 3. The van der Waals surface area contributed by atoms with Gasteiger partial charge >= 0.3 is 0 Å². The summed E-state index contributed by atoms with van der Waals surface area (Å²) in [5.41, 5.74) is 3.63. The van der Waals surface area contributed by atoms with E-state index >= 15 is 0 Å². The number of likely N-dealkylation sites (N-methyl/N-ethyl adjacent to an activating group) is 1. The van der Waals surface area contributed by atoms with Crippen LogP contribution in [0.15, 0.2) is 54.6 Å². The molecule has 1 aromatic heterocycles. The van der Waals surface area contributed by atoms with E-state index in [2.05, 4.69) is 71.3 Å². The SMILES string of the molecule is CCN1CCN(c2nc(-c3ccc(C4CCC(O)CC4)cc3)cc3ccccc23)CC1.Cl.Cl. The number of hydrogen-bond acceptors (Lipinski definition) is 4. The van der Waals surface area contributed by atoms with Crippen LogP contribution in [-0.2, 0) is 0 Å². The lowest BCUT2D eigenvalue weighted by atomic mass is 9.82. The summed E-state index contributed by atoms with van der Waals surface area (Å²) in [5.74, 6) is 1.70. The van der Waals surface area contributed by atoms with Gasteiger partial charge in [-0.05, 0) is 55.2 Å². The zero-order valence-corrected chi connectivity index (χ0v) is 21.0. The van der Waals surface area contributed by atoms with E-state index in [9.17, 15) is 5.11 Å². The van der Waals surface area contributed by atoms with Crippen LogP contribution in [0.2, 0.25) is 0 Å². The number of fused-ring (bicyclic) bond motifs is 1. The number of rotatable bonds is 4. The van der Waals surface area contributed by atoms with Gasteiger partial charge in [0.2, 0.25) is 0 Å². The molecule has 2 aliphatic rings. The summed E-state index contributed by atoms with van der Waals surface area (Å²) in [7, 11) is 0. The van der Waals surface area contributed by atoms with Gasteiger partial charge in [0.05, 0.1) is 11.8 Å². The summed E-state index contributed by atoms with van der Waals surface area (Å²) >= 11 is 0. The number of piperazine rings is 1. The van der Waals surface area contributed by atoms with Gasteiger partial charge in [0, 0.05) is 37.1 Å². The van der Waals surface area contributed by atoms with Crippen molar-refractivity contribution in [3.8, 4) is 11.3 Å². The highest BCUT2D eigenvalue weighted by atomic mass is 35.5. The molecule has 1 aliphatic heterocycles. The van der Waals surface area contributed by atoms with Crippen LogP contribution in [0, 0.1) is 0 Å². The van der Waals surface area contributed by atoms with Crippen molar-refractivity contribution in [1.29, 1.82) is 0 Å². The quantitative estimate of drug-likeness (QED) is 0.496. The Morgan fingerprint density at radius 1 is 0.879 bits per heavy atom. The molecule has 2 aromatic carbocycles. The summed E-state index contributed by atoms with van der Waals surface area (Å²) in [5, 5.41) is 12.3. The molecule has 0 unspecified atom stereocenters. The molecule has 1 saturated heterocycles. The third kappa shape index (κ3) is 5.63.